The van der Waals surface area contributed by atoms with Crippen LogP contribution >= 0.6 is 0 Å². The van der Waals surface area contributed by atoms with Gasteiger partial charge < -0.3 is 19.1 Å². The van der Waals surface area contributed by atoms with Gasteiger partial charge in [0.25, 0.3) is 0 Å². The largest absolute Gasteiger partial charge is 0.493 e. The molecule has 2 heterocycles. The number of halogens is 1. The zero-order chi connectivity index (χ0) is 20.2. The molecule has 0 bridgehead atoms. The monoisotopic (exact) mass is 399 g/mol. The third kappa shape index (κ3) is 4.31. The van der Waals surface area contributed by atoms with Gasteiger partial charge in [-0.15, -0.1) is 0 Å². The Morgan fingerprint density at radius 1 is 1.21 bits per heavy atom. The van der Waals surface area contributed by atoms with Crippen LogP contribution in [0.3, 0.4) is 0 Å². The van der Waals surface area contributed by atoms with Crippen molar-refractivity contribution >= 4 is 5.91 Å². The quantitative estimate of drug-likeness (QED) is 0.769. The zero-order valence-electron chi connectivity index (χ0n) is 16.6. The second-order valence-electron chi connectivity index (χ2n) is 7.69. The Kier molecular flexibility index (Phi) is 5.88. The molecule has 2 atom stereocenters. The molecule has 0 N–H and O–H groups in total. The number of likely N-dealkylation sites (tertiary alicyclic amines) is 1. The molecule has 4 rings (SSSR count). The number of amides is 1. The summed E-state index contributed by atoms with van der Waals surface area (Å²) in [5.41, 5.74) is 1.00. The molecule has 0 spiro atoms. The fraction of sp³-hybridized carbons (Fsp3) is 0.435. The fourth-order valence-electron chi connectivity index (χ4n) is 4.14. The van der Waals surface area contributed by atoms with Crippen molar-refractivity contribution in [2.24, 2.45) is 11.8 Å². The molecular formula is C23H26FNO4. The number of fused-ring (bicyclic) bond motifs is 1. The number of hydrogen-bond donors (Lipinski definition) is 0. The minimum Gasteiger partial charge on any atom is -0.493 e. The molecule has 1 fully saturated rings. The Hall–Kier alpha value is -2.76. The Morgan fingerprint density at radius 2 is 2.03 bits per heavy atom. The van der Waals surface area contributed by atoms with Crippen LogP contribution in [-0.2, 0) is 11.2 Å². The first-order chi connectivity index (χ1) is 14.2. The number of hydrogen-bond acceptors (Lipinski definition) is 4. The molecule has 0 saturated carbocycles. The van der Waals surface area contributed by atoms with Gasteiger partial charge in [-0.1, -0.05) is 24.3 Å². The molecule has 1 amide bonds. The van der Waals surface area contributed by atoms with Crippen LogP contribution in [0.4, 0.5) is 4.39 Å². The molecule has 2 aromatic rings. The summed E-state index contributed by atoms with van der Waals surface area (Å²) in [4.78, 5) is 15.0. The number of nitrogens with zero attached hydrogens (tertiary/aromatic N) is 1. The molecule has 6 heteroatoms. The zero-order valence-corrected chi connectivity index (χ0v) is 16.6. The van der Waals surface area contributed by atoms with Crippen molar-refractivity contribution in [2.75, 3.05) is 33.4 Å². The molecule has 0 unspecified atom stereocenters. The van der Waals surface area contributed by atoms with Crippen molar-refractivity contribution in [3.8, 4) is 17.2 Å². The molecule has 2 aromatic carbocycles. The molecule has 2 aliphatic heterocycles. The van der Waals surface area contributed by atoms with Gasteiger partial charge in [0.1, 0.15) is 6.61 Å². The maximum Gasteiger partial charge on any atom is 0.229 e. The van der Waals surface area contributed by atoms with Gasteiger partial charge in [0.15, 0.2) is 23.1 Å². The van der Waals surface area contributed by atoms with Crippen molar-refractivity contribution in [3.63, 3.8) is 0 Å². The van der Waals surface area contributed by atoms with Gasteiger partial charge in [0.2, 0.25) is 5.91 Å². The Bertz CT molecular complexity index is 872. The number of para-hydroxylation sites is 2. The normalized spacial score (nSPS) is 21.1. The van der Waals surface area contributed by atoms with E-state index in [1.165, 1.54) is 6.07 Å². The standard InChI is InChI=1S/C23H26FNO4/c1-27-21-10-4-7-17-12-18(15-29-22(17)21)23(26)25-11-5-6-16(13-25)14-28-20-9-3-2-8-19(20)24/h2-4,7-10,16,18H,5-6,11-15H2,1H3/t16-,18+/m0/s1. The number of ether oxygens (including phenoxy) is 3. The number of rotatable bonds is 5. The first kappa shape index (κ1) is 19.6. The van der Waals surface area contributed by atoms with Crippen LogP contribution in [0.2, 0.25) is 0 Å². The van der Waals surface area contributed by atoms with Gasteiger partial charge in [-0.2, -0.15) is 0 Å². The van der Waals surface area contributed by atoms with Crippen LogP contribution < -0.4 is 14.2 Å². The molecule has 5 nitrogen and oxygen atoms in total. The summed E-state index contributed by atoms with van der Waals surface area (Å²) in [7, 11) is 1.62. The van der Waals surface area contributed by atoms with E-state index in [1.54, 1.807) is 25.3 Å². The average Bonchev–Trinajstić information content (AvgIpc) is 2.77. The van der Waals surface area contributed by atoms with E-state index in [2.05, 4.69) is 0 Å². The van der Waals surface area contributed by atoms with Crippen molar-refractivity contribution in [1.82, 2.24) is 4.90 Å². The van der Waals surface area contributed by atoms with Crippen LogP contribution in [0.25, 0.3) is 0 Å². The number of piperidine rings is 1. The summed E-state index contributed by atoms with van der Waals surface area (Å²) >= 11 is 0. The molecule has 154 valence electrons. The highest BCUT2D eigenvalue weighted by molar-refractivity contribution is 5.80. The van der Waals surface area contributed by atoms with E-state index >= 15 is 0 Å². The summed E-state index contributed by atoms with van der Waals surface area (Å²) in [6, 6.07) is 12.2. The molecule has 1 saturated heterocycles. The molecule has 2 aliphatic rings. The average molecular weight is 399 g/mol. The van der Waals surface area contributed by atoms with Gasteiger partial charge in [0, 0.05) is 19.0 Å². The summed E-state index contributed by atoms with van der Waals surface area (Å²) in [6.45, 7) is 2.15. The van der Waals surface area contributed by atoms with Gasteiger partial charge in [0.05, 0.1) is 19.6 Å². The molecular weight excluding hydrogens is 373 g/mol. The van der Waals surface area contributed by atoms with E-state index in [0.717, 1.165) is 30.7 Å². The topological polar surface area (TPSA) is 48.0 Å². The molecule has 29 heavy (non-hydrogen) atoms. The van der Waals surface area contributed by atoms with E-state index in [-0.39, 0.29) is 29.3 Å². The number of carbonyl (C=O) groups excluding carboxylic acids is 1. The third-order valence-corrected chi connectivity index (χ3v) is 5.67. The minimum absolute atomic E-state index is 0.120. The molecule has 0 aliphatic carbocycles. The highest BCUT2D eigenvalue weighted by Gasteiger charge is 2.33. The minimum atomic E-state index is -0.357. The first-order valence-electron chi connectivity index (χ1n) is 10.1. The maximum atomic E-state index is 13.8. The third-order valence-electron chi connectivity index (χ3n) is 5.67. The van der Waals surface area contributed by atoms with Crippen molar-refractivity contribution in [3.05, 3.63) is 53.8 Å². The van der Waals surface area contributed by atoms with Crippen molar-refractivity contribution < 1.29 is 23.4 Å². The fourth-order valence-corrected chi connectivity index (χ4v) is 4.14. The maximum absolute atomic E-state index is 13.8. The Morgan fingerprint density at radius 3 is 2.86 bits per heavy atom. The van der Waals surface area contributed by atoms with E-state index in [0.29, 0.717) is 31.9 Å². The lowest BCUT2D eigenvalue weighted by atomic mass is 9.92. The predicted molar refractivity (Wildman–Crippen MR) is 107 cm³/mol. The lowest BCUT2D eigenvalue weighted by Crippen LogP contribution is -2.46. The second-order valence-corrected chi connectivity index (χ2v) is 7.69. The number of carbonyl (C=O) groups is 1. The van der Waals surface area contributed by atoms with Crippen LogP contribution in [0, 0.1) is 17.7 Å². The van der Waals surface area contributed by atoms with E-state index in [1.807, 2.05) is 23.1 Å². The summed E-state index contributed by atoms with van der Waals surface area (Å²) in [6.07, 6.45) is 2.55. The summed E-state index contributed by atoms with van der Waals surface area (Å²) in [5.74, 6) is 1.48. The van der Waals surface area contributed by atoms with Gasteiger partial charge in [-0.05, 0) is 43.0 Å². The van der Waals surface area contributed by atoms with Crippen LogP contribution in [0.1, 0.15) is 18.4 Å². The summed E-state index contributed by atoms with van der Waals surface area (Å²) < 4.78 is 30.7. The molecule has 0 aromatic heterocycles. The predicted octanol–water partition coefficient (Wildman–Crippen LogP) is 3.70. The lowest BCUT2D eigenvalue weighted by Gasteiger charge is -2.36. The Balaban J connectivity index is 1.36. The van der Waals surface area contributed by atoms with Gasteiger partial charge in [-0.3, -0.25) is 4.79 Å². The lowest BCUT2D eigenvalue weighted by molar-refractivity contribution is -0.139. The van der Waals surface area contributed by atoms with Crippen molar-refractivity contribution in [2.45, 2.75) is 19.3 Å². The van der Waals surface area contributed by atoms with Crippen LogP contribution in [0.15, 0.2) is 42.5 Å². The smallest absolute Gasteiger partial charge is 0.229 e. The number of methoxy groups -OCH3 is 1. The van der Waals surface area contributed by atoms with Gasteiger partial charge >= 0.3 is 0 Å². The van der Waals surface area contributed by atoms with E-state index < -0.39 is 0 Å². The van der Waals surface area contributed by atoms with Crippen molar-refractivity contribution in [1.29, 1.82) is 0 Å². The number of benzene rings is 2. The molecule has 0 radical (unpaired) electrons. The second kappa shape index (κ2) is 8.72. The highest BCUT2D eigenvalue weighted by atomic mass is 19.1. The van der Waals surface area contributed by atoms with Crippen LogP contribution in [-0.4, -0.2) is 44.2 Å². The Labute approximate surface area is 170 Å². The van der Waals surface area contributed by atoms with E-state index in [9.17, 15) is 9.18 Å². The van der Waals surface area contributed by atoms with E-state index in [4.69, 9.17) is 14.2 Å². The first-order valence-corrected chi connectivity index (χ1v) is 10.1. The summed E-state index contributed by atoms with van der Waals surface area (Å²) in [5, 5.41) is 0. The SMILES string of the molecule is COc1cccc2c1OC[C@H](C(=O)N1CCC[C@H](COc3ccccc3F)C1)C2. The van der Waals surface area contributed by atoms with Crippen LogP contribution in [0.5, 0.6) is 17.2 Å². The van der Waals surface area contributed by atoms with Gasteiger partial charge in [-0.25, -0.2) is 4.39 Å². The highest BCUT2D eigenvalue weighted by Crippen LogP contribution is 2.36.